The first-order valence-corrected chi connectivity index (χ1v) is 12.3. The van der Waals surface area contributed by atoms with E-state index in [4.69, 9.17) is 37.8 Å². The zero-order valence-corrected chi connectivity index (χ0v) is 22.1. The number of urea groups is 1. The third-order valence-corrected chi connectivity index (χ3v) is 5.51. The molecule has 11 nitrogen and oxygen atoms in total. The summed E-state index contributed by atoms with van der Waals surface area (Å²) in [6.07, 6.45) is 1.09. The number of carboxylic acid groups (broad SMARTS) is 1. The molecular weight excluding hydrogens is 525 g/mol. The molecule has 13 heteroatoms. The summed E-state index contributed by atoms with van der Waals surface area (Å²) in [5.41, 5.74) is 1.45. The van der Waals surface area contributed by atoms with Crippen LogP contribution in [0.25, 0.3) is 0 Å². The maximum absolute atomic E-state index is 12.4. The number of hydrogen-bond acceptors (Lipinski definition) is 7. The lowest BCUT2D eigenvalue weighted by molar-refractivity contribution is -0.139. The molecule has 4 N–H and O–H groups in total. The molecule has 202 valence electrons. The Balaban J connectivity index is 0.000000402. The Morgan fingerprint density at radius 2 is 1.95 bits per heavy atom. The lowest BCUT2D eigenvalue weighted by Gasteiger charge is -2.24. The summed E-state index contributed by atoms with van der Waals surface area (Å²) in [7, 11) is 1.53. The number of rotatable bonds is 9. The maximum Gasteiger partial charge on any atom is 0.318 e. The van der Waals surface area contributed by atoms with Crippen molar-refractivity contribution in [3.05, 3.63) is 52.1 Å². The van der Waals surface area contributed by atoms with Gasteiger partial charge in [-0.05, 0) is 30.2 Å². The summed E-state index contributed by atoms with van der Waals surface area (Å²) in [5, 5.41) is 17.0. The molecule has 1 saturated heterocycles. The minimum atomic E-state index is -0.762. The predicted octanol–water partition coefficient (Wildman–Crippen LogP) is 3.02. The number of carboxylic acids is 1. The molecule has 1 unspecified atom stereocenters. The lowest BCUT2D eigenvalue weighted by Crippen LogP contribution is -2.39. The molecule has 37 heavy (non-hydrogen) atoms. The number of nitrogens with zero attached hydrogens (tertiary/aromatic N) is 2. The van der Waals surface area contributed by atoms with Crippen LogP contribution in [0.2, 0.25) is 10.0 Å². The Kier molecular flexibility index (Phi) is 12.9. The quantitative estimate of drug-likeness (QED) is 0.369. The van der Waals surface area contributed by atoms with E-state index in [9.17, 15) is 14.4 Å². The standard InChI is InChI=1S/C18H20Cl2N4O3.C6H11NO3/c1-3-15(27-17-14(20)8-12(19)10-23-17)16(25)22-9-11-5-4-6-13(7-11)24-18(26)21-2;8-6(9)5-7-1-3-10-4-2-7/h4-8,10,15H,3,9H2,1-2H3,(H,22,25)(H2,21,24,26);1-5H2,(H,8,9). The fourth-order valence-electron chi connectivity index (χ4n) is 3.15. The molecule has 1 fully saturated rings. The largest absolute Gasteiger partial charge is 0.480 e. The molecule has 1 aliphatic rings. The molecule has 2 aromatic rings. The van der Waals surface area contributed by atoms with Crippen molar-refractivity contribution >= 4 is 46.8 Å². The summed E-state index contributed by atoms with van der Waals surface area (Å²) in [6.45, 7) is 5.05. The first kappa shape index (κ1) is 30.1. The van der Waals surface area contributed by atoms with Crippen LogP contribution >= 0.6 is 23.2 Å². The molecule has 0 aliphatic carbocycles. The van der Waals surface area contributed by atoms with Gasteiger partial charge in [-0.3, -0.25) is 14.5 Å². The average Bonchev–Trinajstić information content (AvgIpc) is 2.87. The fraction of sp³-hybridized carbons (Fsp3) is 0.417. The van der Waals surface area contributed by atoms with Crippen LogP contribution in [-0.2, 0) is 20.9 Å². The van der Waals surface area contributed by atoms with E-state index in [1.807, 2.05) is 17.9 Å². The molecule has 0 radical (unpaired) electrons. The van der Waals surface area contributed by atoms with Crippen molar-refractivity contribution in [3.63, 3.8) is 0 Å². The Bertz CT molecular complexity index is 1050. The van der Waals surface area contributed by atoms with Crippen molar-refractivity contribution in [1.29, 1.82) is 0 Å². The van der Waals surface area contributed by atoms with Gasteiger partial charge in [0.1, 0.15) is 5.02 Å². The van der Waals surface area contributed by atoms with Gasteiger partial charge in [0, 0.05) is 38.6 Å². The highest BCUT2D eigenvalue weighted by molar-refractivity contribution is 6.35. The van der Waals surface area contributed by atoms with E-state index >= 15 is 0 Å². The molecule has 1 atom stereocenters. The second kappa shape index (κ2) is 15.9. The highest BCUT2D eigenvalue weighted by Gasteiger charge is 2.20. The van der Waals surface area contributed by atoms with Gasteiger partial charge in [0.15, 0.2) is 6.10 Å². The Hall–Kier alpha value is -3.12. The van der Waals surface area contributed by atoms with E-state index in [-0.39, 0.29) is 35.9 Å². The van der Waals surface area contributed by atoms with Crippen molar-refractivity contribution in [2.45, 2.75) is 26.0 Å². The minimum absolute atomic E-state index is 0.142. The molecule has 1 aromatic carbocycles. The van der Waals surface area contributed by atoms with Crippen molar-refractivity contribution in [3.8, 4) is 5.88 Å². The van der Waals surface area contributed by atoms with Gasteiger partial charge >= 0.3 is 12.0 Å². The van der Waals surface area contributed by atoms with E-state index in [2.05, 4.69) is 20.9 Å². The molecule has 2 heterocycles. The normalized spacial score (nSPS) is 13.9. The van der Waals surface area contributed by atoms with E-state index in [0.717, 1.165) is 18.7 Å². The van der Waals surface area contributed by atoms with Crippen LogP contribution in [0.5, 0.6) is 5.88 Å². The number of benzene rings is 1. The van der Waals surface area contributed by atoms with E-state index in [1.54, 1.807) is 18.2 Å². The van der Waals surface area contributed by atoms with Crippen LogP contribution in [0.15, 0.2) is 36.5 Å². The monoisotopic (exact) mass is 555 g/mol. The van der Waals surface area contributed by atoms with Gasteiger partial charge in [-0.25, -0.2) is 9.78 Å². The zero-order chi connectivity index (χ0) is 27.2. The third-order valence-electron chi connectivity index (χ3n) is 5.03. The van der Waals surface area contributed by atoms with Crippen LogP contribution < -0.4 is 20.7 Å². The van der Waals surface area contributed by atoms with Crippen LogP contribution in [0.4, 0.5) is 10.5 Å². The summed E-state index contributed by atoms with van der Waals surface area (Å²) in [6, 6.07) is 8.35. The summed E-state index contributed by atoms with van der Waals surface area (Å²) in [4.78, 5) is 39.9. The average molecular weight is 556 g/mol. The van der Waals surface area contributed by atoms with E-state index < -0.39 is 12.1 Å². The molecule has 0 bridgehead atoms. The van der Waals surface area contributed by atoms with Gasteiger partial charge in [-0.15, -0.1) is 0 Å². The topological polar surface area (TPSA) is 142 Å². The molecule has 1 aliphatic heterocycles. The first-order valence-electron chi connectivity index (χ1n) is 11.6. The number of ether oxygens (including phenoxy) is 2. The van der Waals surface area contributed by atoms with Crippen LogP contribution in [0.3, 0.4) is 0 Å². The number of hydrogen-bond donors (Lipinski definition) is 4. The van der Waals surface area contributed by atoms with Gasteiger partial charge in [0.2, 0.25) is 5.88 Å². The Morgan fingerprint density at radius 1 is 1.22 bits per heavy atom. The molecule has 3 rings (SSSR count). The summed E-state index contributed by atoms with van der Waals surface area (Å²) < 4.78 is 10.7. The number of aliphatic carboxylic acids is 1. The number of morpholine rings is 1. The highest BCUT2D eigenvalue weighted by atomic mass is 35.5. The van der Waals surface area contributed by atoms with Gasteiger partial charge in [0.05, 0.1) is 24.8 Å². The van der Waals surface area contributed by atoms with Gasteiger partial charge in [-0.2, -0.15) is 0 Å². The van der Waals surface area contributed by atoms with Crippen LogP contribution in [-0.4, -0.2) is 78.9 Å². The molecule has 0 spiro atoms. The maximum atomic E-state index is 12.4. The third kappa shape index (κ3) is 11.2. The molecule has 0 saturated carbocycles. The summed E-state index contributed by atoms with van der Waals surface area (Å²) >= 11 is 11.8. The number of halogens is 2. The second-order valence-electron chi connectivity index (χ2n) is 7.86. The minimum Gasteiger partial charge on any atom is -0.480 e. The summed E-state index contributed by atoms with van der Waals surface area (Å²) in [5.74, 6) is -0.906. The smallest absolute Gasteiger partial charge is 0.318 e. The van der Waals surface area contributed by atoms with Gasteiger partial charge in [-0.1, -0.05) is 42.3 Å². The number of amides is 3. The highest BCUT2D eigenvalue weighted by Crippen LogP contribution is 2.25. The van der Waals surface area contributed by atoms with E-state index in [1.165, 1.54) is 19.3 Å². The first-order chi connectivity index (χ1) is 17.7. The Morgan fingerprint density at radius 3 is 2.57 bits per heavy atom. The Labute approximate surface area is 225 Å². The zero-order valence-electron chi connectivity index (χ0n) is 20.6. The van der Waals surface area contributed by atoms with Crippen molar-refractivity contribution in [1.82, 2.24) is 20.5 Å². The van der Waals surface area contributed by atoms with Crippen LogP contribution in [0.1, 0.15) is 18.9 Å². The fourth-order valence-corrected chi connectivity index (χ4v) is 3.58. The number of anilines is 1. The lowest BCUT2D eigenvalue weighted by atomic mass is 10.2. The van der Waals surface area contributed by atoms with Crippen molar-refractivity contribution in [2.75, 3.05) is 45.2 Å². The number of aromatic nitrogens is 1. The molecular formula is C24H31Cl2N5O6. The predicted molar refractivity (Wildman–Crippen MR) is 140 cm³/mol. The van der Waals surface area contributed by atoms with E-state index in [0.29, 0.717) is 30.3 Å². The molecule has 1 aromatic heterocycles. The second-order valence-corrected chi connectivity index (χ2v) is 8.70. The number of carbonyl (C=O) groups is 3. The van der Waals surface area contributed by atoms with Crippen LogP contribution in [0, 0.1) is 0 Å². The van der Waals surface area contributed by atoms with Gasteiger partial charge in [0.25, 0.3) is 5.91 Å². The number of nitrogens with one attached hydrogen (secondary N) is 3. The van der Waals surface area contributed by atoms with Crippen molar-refractivity contribution in [2.24, 2.45) is 0 Å². The van der Waals surface area contributed by atoms with Gasteiger partial charge < -0.3 is 30.5 Å². The van der Waals surface area contributed by atoms with Crippen molar-refractivity contribution < 1.29 is 29.0 Å². The SMILES string of the molecule is CCC(Oc1ncc(Cl)cc1Cl)C(=O)NCc1cccc(NC(=O)NC)c1.O=C(O)CN1CCOCC1. The number of pyridine rings is 1. The molecule has 3 amide bonds. The number of carbonyl (C=O) groups excluding carboxylic acids is 2.